The first-order valence-corrected chi connectivity index (χ1v) is 8.19. The Bertz CT molecular complexity index is 551. The molecule has 108 valence electrons. The third-order valence-corrected chi connectivity index (χ3v) is 4.85. The van der Waals surface area contributed by atoms with Crippen LogP contribution in [0.4, 0.5) is 8.78 Å². The van der Waals surface area contributed by atoms with Crippen LogP contribution in [0.2, 0.25) is 0 Å². The number of hydrogen-bond donors (Lipinski definition) is 1. The van der Waals surface area contributed by atoms with Crippen LogP contribution in [0.1, 0.15) is 29.8 Å². The van der Waals surface area contributed by atoms with E-state index < -0.39 is 11.6 Å². The second-order valence-corrected chi connectivity index (χ2v) is 6.44. The van der Waals surface area contributed by atoms with Gasteiger partial charge in [0.05, 0.1) is 0 Å². The Morgan fingerprint density at radius 3 is 2.55 bits per heavy atom. The molecule has 1 aromatic heterocycles. The van der Waals surface area contributed by atoms with Gasteiger partial charge in [-0.2, -0.15) is 0 Å². The minimum atomic E-state index is -0.482. The fourth-order valence-electron chi connectivity index (χ4n) is 2.03. The highest BCUT2D eigenvalue weighted by Gasteiger charge is 2.18. The molecule has 2 rings (SSSR count). The predicted octanol–water partition coefficient (Wildman–Crippen LogP) is 5.07. The first kappa shape index (κ1) is 15.6. The van der Waals surface area contributed by atoms with E-state index in [1.54, 1.807) is 11.3 Å². The van der Waals surface area contributed by atoms with Crippen molar-refractivity contribution in [2.75, 3.05) is 6.54 Å². The first-order chi connectivity index (χ1) is 9.61. The van der Waals surface area contributed by atoms with Gasteiger partial charge in [0.15, 0.2) is 0 Å². The van der Waals surface area contributed by atoms with E-state index in [9.17, 15) is 8.78 Å². The molecule has 0 radical (unpaired) electrons. The molecule has 1 N–H and O–H groups in total. The topological polar surface area (TPSA) is 12.0 Å². The maximum absolute atomic E-state index is 13.8. The number of benzene rings is 1. The highest BCUT2D eigenvalue weighted by atomic mass is 79.9. The highest BCUT2D eigenvalue weighted by molar-refractivity contribution is 9.10. The molecule has 0 amide bonds. The fourth-order valence-corrected chi connectivity index (χ4v) is 3.56. The van der Waals surface area contributed by atoms with Crippen LogP contribution in [-0.4, -0.2) is 6.54 Å². The van der Waals surface area contributed by atoms with Gasteiger partial charge in [0.25, 0.3) is 0 Å². The molecule has 1 heterocycles. The summed E-state index contributed by atoms with van der Waals surface area (Å²) in [5, 5.41) is 5.34. The smallest absolute Gasteiger partial charge is 0.129 e. The Labute approximate surface area is 130 Å². The molecule has 1 atom stereocenters. The van der Waals surface area contributed by atoms with Gasteiger partial charge in [-0.1, -0.05) is 13.0 Å². The van der Waals surface area contributed by atoms with E-state index in [2.05, 4.69) is 28.2 Å². The molecule has 0 fully saturated rings. The summed E-state index contributed by atoms with van der Waals surface area (Å²) in [6, 6.07) is 5.93. The monoisotopic (exact) mass is 359 g/mol. The lowest BCUT2D eigenvalue weighted by molar-refractivity contribution is 0.494. The van der Waals surface area contributed by atoms with Crippen molar-refractivity contribution in [1.29, 1.82) is 0 Å². The molecule has 20 heavy (non-hydrogen) atoms. The molecule has 1 unspecified atom stereocenters. The number of halogens is 3. The minimum Gasteiger partial charge on any atom is -0.309 e. The van der Waals surface area contributed by atoms with E-state index in [4.69, 9.17) is 0 Å². The molecule has 0 saturated heterocycles. The maximum atomic E-state index is 13.8. The van der Waals surface area contributed by atoms with Crippen LogP contribution in [0.15, 0.2) is 34.1 Å². The second kappa shape index (κ2) is 7.29. The largest absolute Gasteiger partial charge is 0.309 e. The average Bonchev–Trinajstić information content (AvgIpc) is 2.84. The van der Waals surface area contributed by atoms with Gasteiger partial charge in [0, 0.05) is 26.3 Å². The first-order valence-electron chi connectivity index (χ1n) is 6.52. The van der Waals surface area contributed by atoms with Gasteiger partial charge in [-0.15, -0.1) is 11.3 Å². The zero-order chi connectivity index (χ0) is 14.5. The lowest BCUT2D eigenvalue weighted by atomic mass is 10.0. The quantitative estimate of drug-likeness (QED) is 0.758. The van der Waals surface area contributed by atoms with Crippen molar-refractivity contribution in [3.8, 4) is 0 Å². The number of rotatable bonds is 6. The molecule has 0 aliphatic rings. The van der Waals surface area contributed by atoms with Crippen LogP contribution in [0, 0.1) is 11.6 Å². The van der Waals surface area contributed by atoms with Crippen LogP contribution in [0.25, 0.3) is 0 Å². The van der Waals surface area contributed by atoms with Crippen LogP contribution in [0.5, 0.6) is 0 Å². The molecule has 0 aliphatic heterocycles. The summed E-state index contributed by atoms with van der Waals surface area (Å²) in [6.45, 7) is 2.88. The third kappa shape index (κ3) is 3.87. The third-order valence-electron chi connectivity index (χ3n) is 3.04. The van der Waals surface area contributed by atoms with Crippen LogP contribution in [-0.2, 0) is 6.42 Å². The Balaban J connectivity index is 2.23. The predicted molar refractivity (Wildman–Crippen MR) is 83.1 cm³/mol. The molecule has 0 saturated carbocycles. The van der Waals surface area contributed by atoms with Crippen molar-refractivity contribution in [3.63, 3.8) is 0 Å². The van der Waals surface area contributed by atoms with Gasteiger partial charge < -0.3 is 5.32 Å². The van der Waals surface area contributed by atoms with Crippen molar-refractivity contribution >= 4 is 27.3 Å². The van der Waals surface area contributed by atoms with Crippen LogP contribution in [0.3, 0.4) is 0 Å². The number of nitrogens with one attached hydrogen (secondary N) is 1. The molecule has 5 heteroatoms. The number of hydrogen-bond acceptors (Lipinski definition) is 2. The van der Waals surface area contributed by atoms with Crippen LogP contribution < -0.4 is 5.32 Å². The highest BCUT2D eigenvalue weighted by Crippen LogP contribution is 2.29. The molecular weight excluding hydrogens is 344 g/mol. The molecule has 0 spiro atoms. The lowest BCUT2D eigenvalue weighted by Gasteiger charge is -2.18. The van der Waals surface area contributed by atoms with E-state index in [0.717, 1.165) is 22.3 Å². The van der Waals surface area contributed by atoms with E-state index in [0.29, 0.717) is 6.42 Å². The Hall–Kier alpha value is -0.780. The van der Waals surface area contributed by atoms with E-state index >= 15 is 0 Å². The minimum absolute atomic E-state index is 0.0716. The normalized spacial score (nSPS) is 12.6. The summed E-state index contributed by atoms with van der Waals surface area (Å²) in [5.74, 6) is -0.965. The standard InChI is InChI=1S/C15H16BrF2NS/c1-2-6-19-14(15-7-10(16)9-20-15)8-11-12(17)4-3-5-13(11)18/h3-5,7,9,14,19H,2,6,8H2,1H3. The van der Waals surface area contributed by atoms with Crippen molar-refractivity contribution in [2.24, 2.45) is 0 Å². The fraction of sp³-hybridized carbons (Fsp3) is 0.333. The second-order valence-electron chi connectivity index (χ2n) is 4.58. The zero-order valence-corrected chi connectivity index (χ0v) is 13.5. The van der Waals surface area contributed by atoms with Crippen molar-refractivity contribution in [3.05, 3.63) is 56.2 Å². The average molecular weight is 360 g/mol. The maximum Gasteiger partial charge on any atom is 0.129 e. The Morgan fingerprint density at radius 2 is 2.00 bits per heavy atom. The van der Waals surface area contributed by atoms with E-state index in [-0.39, 0.29) is 11.6 Å². The summed E-state index contributed by atoms with van der Waals surface area (Å²) in [7, 11) is 0. The summed E-state index contributed by atoms with van der Waals surface area (Å²) in [5.41, 5.74) is 0.144. The van der Waals surface area contributed by atoms with Gasteiger partial charge in [-0.05, 0) is 53.5 Å². The van der Waals surface area contributed by atoms with Gasteiger partial charge in [-0.3, -0.25) is 0 Å². The Kier molecular flexibility index (Phi) is 5.69. The van der Waals surface area contributed by atoms with E-state index in [1.165, 1.54) is 18.2 Å². The van der Waals surface area contributed by atoms with Gasteiger partial charge in [0.2, 0.25) is 0 Å². The SMILES string of the molecule is CCCNC(Cc1c(F)cccc1F)c1cc(Br)cs1. The Morgan fingerprint density at radius 1 is 1.30 bits per heavy atom. The van der Waals surface area contributed by atoms with Crippen molar-refractivity contribution in [2.45, 2.75) is 25.8 Å². The molecule has 2 aromatic rings. The molecular formula is C15H16BrF2NS. The van der Waals surface area contributed by atoms with Crippen LogP contribution >= 0.6 is 27.3 Å². The molecule has 1 aromatic carbocycles. The molecule has 0 aliphatic carbocycles. The summed E-state index contributed by atoms with van der Waals surface area (Å²) >= 11 is 5.00. The van der Waals surface area contributed by atoms with Crippen molar-refractivity contribution < 1.29 is 8.78 Å². The number of thiophene rings is 1. The van der Waals surface area contributed by atoms with Gasteiger partial charge >= 0.3 is 0 Å². The zero-order valence-electron chi connectivity index (χ0n) is 11.1. The molecule has 1 nitrogen and oxygen atoms in total. The van der Waals surface area contributed by atoms with E-state index in [1.807, 2.05) is 11.4 Å². The van der Waals surface area contributed by atoms with Gasteiger partial charge in [0.1, 0.15) is 11.6 Å². The lowest BCUT2D eigenvalue weighted by Crippen LogP contribution is -2.24. The summed E-state index contributed by atoms with van der Waals surface area (Å²) in [4.78, 5) is 1.08. The molecule has 0 bridgehead atoms. The summed E-state index contributed by atoms with van der Waals surface area (Å²) < 4.78 is 28.6. The summed E-state index contributed by atoms with van der Waals surface area (Å²) in [6.07, 6.45) is 1.29. The van der Waals surface area contributed by atoms with Crippen molar-refractivity contribution in [1.82, 2.24) is 5.32 Å². The van der Waals surface area contributed by atoms with Gasteiger partial charge in [-0.25, -0.2) is 8.78 Å².